The van der Waals surface area contributed by atoms with Gasteiger partial charge in [0.15, 0.2) is 0 Å². The third-order valence-corrected chi connectivity index (χ3v) is 2.74. The van der Waals surface area contributed by atoms with Crippen LogP contribution in [0.2, 0.25) is 0 Å². The molecule has 1 N–H and O–H groups in total. The van der Waals surface area contributed by atoms with Crippen molar-refractivity contribution in [2.24, 2.45) is 0 Å². The van der Waals surface area contributed by atoms with Crippen molar-refractivity contribution in [1.29, 1.82) is 0 Å². The van der Waals surface area contributed by atoms with Crippen molar-refractivity contribution in [2.45, 2.75) is 19.9 Å². The third kappa shape index (κ3) is 3.98. The van der Waals surface area contributed by atoms with Crippen molar-refractivity contribution < 1.29 is 9.13 Å². The second kappa shape index (κ2) is 6.78. The van der Waals surface area contributed by atoms with Gasteiger partial charge < -0.3 is 10.1 Å². The predicted molar refractivity (Wildman–Crippen MR) is 76.0 cm³/mol. The van der Waals surface area contributed by atoms with E-state index in [1.807, 2.05) is 24.3 Å². The van der Waals surface area contributed by atoms with Crippen LogP contribution >= 0.6 is 0 Å². The number of para-hydroxylation sites is 2. The van der Waals surface area contributed by atoms with Crippen molar-refractivity contribution >= 4 is 5.69 Å². The van der Waals surface area contributed by atoms with Crippen molar-refractivity contribution in [3.63, 3.8) is 0 Å². The first-order valence-electron chi connectivity index (χ1n) is 6.49. The minimum atomic E-state index is -0.213. The average molecular weight is 259 g/mol. The van der Waals surface area contributed by atoms with Crippen LogP contribution in [-0.2, 0) is 6.54 Å². The highest BCUT2D eigenvalue weighted by Gasteiger charge is 2.02. The first-order chi connectivity index (χ1) is 9.29. The van der Waals surface area contributed by atoms with E-state index >= 15 is 0 Å². The van der Waals surface area contributed by atoms with Crippen molar-refractivity contribution in [3.8, 4) is 5.75 Å². The highest BCUT2D eigenvalue weighted by Crippen LogP contribution is 2.24. The molecule has 0 atom stereocenters. The van der Waals surface area contributed by atoms with Gasteiger partial charge in [0.1, 0.15) is 11.6 Å². The summed E-state index contributed by atoms with van der Waals surface area (Å²) < 4.78 is 18.5. The van der Waals surface area contributed by atoms with Crippen LogP contribution < -0.4 is 10.1 Å². The fraction of sp³-hybridized carbons (Fsp3) is 0.250. The zero-order chi connectivity index (χ0) is 13.5. The van der Waals surface area contributed by atoms with Gasteiger partial charge in [-0.05, 0) is 36.2 Å². The summed E-state index contributed by atoms with van der Waals surface area (Å²) in [6.45, 7) is 3.43. The first kappa shape index (κ1) is 13.4. The topological polar surface area (TPSA) is 21.3 Å². The number of anilines is 1. The molecule has 100 valence electrons. The lowest BCUT2D eigenvalue weighted by atomic mass is 10.2. The van der Waals surface area contributed by atoms with Gasteiger partial charge in [-0.15, -0.1) is 0 Å². The number of halogens is 1. The fourth-order valence-electron chi connectivity index (χ4n) is 1.75. The van der Waals surface area contributed by atoms with E-state index in [-0.39, 0.29) is 5.82 Å². The molecule has 0 heterocycles. The molecule has 0 spiro atoms. The first-order valence-corrected chi connectivity index (χ1v) is 6.49. The molecule has 0 saturated heterocycles. The maximum atomic E-state index is 12.8. The largest absolute Gasteiger partial charge is 0.491 e. The van der Waals surface area contributed by atoms with E-state index in [0.717, 1.165) is 23.4 Å². The Morgan fingerprint density at radius 3 is 2.53 bits per heavy atom. The van der Waals surface area contributed by atoms with Crippen LogP contribution in [0.15, 0.2) is 48.5 Å². The second-order valence-electron chi connectivity index (χ2n) is 4.32. The lowest BCUT2D eigenvalue weighted by Gasteiger charge is -2.12. The van der Waals surface area contributed by atoms with E-state index in [0.29, 0.717) is 13.2 Å². The molecule has 2 aromatic rings. The molecule has 0 aliphatic heterocycles. The van der Waals surface area contributed by atoms with E-state index in [1.165, 1.54) is 12.1 Å². The molecular weight excluding hydrogens is 241 g/mol. The predicted octanol–water partition coefficient (Wildman–Crippen LogP) is 4.23. The number of hydrogen-bond donors (Lipinski definition) is 1. The Balaban J connectivity index is 2.00. The lowest BCUT2D eigenvalue weighted by molar-refractivity contribution is 0.319. The van der Waals surface area contributed by atoms with E-state index in [1.54, 1.807) is 12.1 Å². The van der Waals surface area contributed by atoms with Gasteiger partial charge in [0.05, 0.1) is 12.3 Å². The number of ether oxygens (including phenoxy) is 1. The van der Waals surface area contributed by atoms with Crippen LogP contribution in [0.4, 0.5) is 10.1 Å². The van der Waals surface area contributed by atoms with Gasteiger partial charge in [-0.25, -0.2) is 4.39 Å². The Kier molecular flexibility index (Phi) is 4.78. The van der Waals surface area contributed by atoms with Gasteiger partial charge in [0, 0.05) is 6.54 Å². The molecule has 0 aromatic heterocycles. The quantitative estimate of drug-likeness (QED) is 0.838. The van der Waals surface area contributed by atoms with Crippen molar-refractivity contribution in [1.82, 2.24) is 0 Å². The minimum Gasteiger partial charge on any atom is -0.491 e. The highest BCUT2D eigenvalue weighted by molar-refractivity contribution is 5.56. The van der Waals surface area contributed by atoms with Crippen LogP contribution in [-0.4, -0.2) is 6.61 Å². The number of benzene rings is 2. The third-order valence-electron chi connectivity index (χ3n) is 2.74. The Morgan fingerprint density at radius 1 is 1.05 bits per heavy atom. The normalized spacial score (nSPS) is 10.2. The summed E-state index contributed by atoms with van der Waals surface area (Å²) in [6, 6.07) is 14.3. The summed E-state index contributed by atoms with van der Waals surface area (Å²) in [6.07, 6.45) is 0.978. The van der Waals surface area contributed by atoms with Gasteiger partial charge in [0.25, 0.3) is 0 Å². The van der Waals surface area contributed by atoms with Gasteiger partial charge in [-0.3, -0.25) is 0 Å². The molecule has 0 fully saturated rings. The molecular formula is C16H18FNO. The van der Waals surface area contributed by atoms with E-state index < -0.39 is 0 Å². The molecule has 2 rings (SSSR count). The summed E-state index contributed by atoms with van der Waals surface area (Å²) in [5, 5.41) is 3.31. The van der Waals surface area contributed by atoms with Gasteiger partial charge in [-0.1, -0.05) is 31.2 Å². The molecule has 3 heteroatoms. The van der Waals surface area contributed by atoms with Crippen LogP contribution in [0.5, 0.6) is 5.75 Å². The maximum Gasteiger partial charge on any atom is 0.142 e. The summed E-state index contributed by atoms with van der Waals surface area (Å²) in [4.78, 5) is 0. The summed E-state index contributed by atoms with van der Waals surface area (Å²) in [7, 11) is 0. The number of rotatable bonds is 6. The molecule has 0 unspecified atom stereocenters. The molecule has 0 amide bonds. The zero-order valence-corrected chi connectivity index (χ0v) is 11.0. The maximum absolute atomic E-state index is 12.8. The standard InChI is InChI=1S/C16H18FNO/c1-2-11-19-16-6-4-3-5-15(16)18-12-13-7-9-14(17)10-8-13/h3-10,18H,2,11-12H2,1H3. The Hall–Kier alpha value is -2.03. The van der Waals surface area contributed by atoms with E-state index in [9.17, 15) is 4.39 Å². The lowest BCUT2D eigenvalue weighted by Crippen LogP contribution is -2.03. The molecule has 0 saturated carbocycles. The smallest absolute Gasteiger partial charge is 0.142 e. The van der Waals surface area contributed by atoms with Crippen molar-refractivity contribution in [2.75, 3.05) is 11.9 Å². The SMILES string of the molecule is CCCOc1ccccc1NCc1ccc(F)cc1. The molecule has 0 aliphatic carbocycles. The molecule has 19 heavy (non-hydrogen) atoms. The molecule has 2 aromatic carbocycles. The minimum absolute atomic E-state index is 0.213. The van der Waals surface area contributed by atoms with Crippen LogP contribution in [0.1, 0.15) is 18.9 Å². The van der Waals surface area contributed by atoms with Crippen LogP contribution in [0, 0.1) is 5.82 Å². The fourth-order valence-corrected chi connectivity index (χ4v) is 1.75. The Labute approximate surface area is 113 Å². The van der Waals surface area contributed by atoms with Crippen LogP contribution in [0.3, 0.4) is 0 Å². The van der Waals surface area contributed by atoms with E-state index in [2.05, 4.69) is 12.2 Å². The molecule has 0 aliphatic rings. The van der Waals surface area contributed by atoms with Gasteiger partial charge in [0.2, 0.25) is 0 Å². The highest BCUT2D eigenvalue weighted by atomic mass is 19.1. The van der Waals surface area contributed by atoms with Crippen molar-refractivity contribution in [3.05, 3.63) is 59.9 Å². The molecule has 2 nitrogen and oxygen atoms in total. The molecule has 0 bridgehead atoms. The van der Waals surface area contributed by atoms with Gasteiger partial charge >= 0.3 is 0 Å². The van der Waals surface area contributed by atoms with Crippen LogP contribution in [0.25, 0.3) is 0 Å². The van der Waals surface area contributed by atoms with E-state index in [4.69, 9.17) is 4.74 Å². The summed E-state index contributed by atoms with van der Waals surface area (Å²) in [5.41, 5.74) is 1.99. The number of hydrogen-bond acceptors (Lipinski definition) is 2. The molecule has 0 radical (unpaired) electrons. The zero-order valence-electron chi connectivity index (χ0n) is 11.0. The monoisotopic (exact) mass is 259 g/mol. The Bertz CT molecular complexity index is 510. The average Bonchev–Trinajstić information content (AvgIpc) is 2.45. The second-order valence-corrected chi connectivity index (χ2v) is 4.32. The summed E-state index contributed by atoms with van der Waals surface area (Å²) in [5.74, 6) is 0.641. The summed E-state index contributed by atoms with van der Waals surface area (Å²) >= 11 is 0. The van der Waals surface area contributed by atoms with Gasteiger partial charge in [-0.2, -0.15) is 0 Å². The number of nitrogens with one attached hydrogen (secondary N) is 1. The Morgan fingerprint density at radius 2 is 1.79 bits per heavy atom.